The zero-order valence-electron chi connectivity index (χ0n) is 8.41. The monoisotopic (exact) mass is 223 g/mol. The summed E-state index contributed by atoms with van der Waals surface area (Å²) in [6.07, 6.45) is -4.30. The molecule has 1 aromatic rings. The fraction of sp³-hybridized carbons (Fsp3) is 0.857. The van der Waals surface area contributed by atoms with E-state index in [1.807, 2.05) is 13.8 Å². The van der Waals surface area contributed by atoms with Crippen molar-refractivity contribution in [2.24, 2.45) is 0 Å². The van der Waals surface area contributed by atoms with Crippen LogP contribution in [0.4, 0.5) is 13.2 Å². The molecule has 0 atom stereocenters. The van der Waals surface area contributed by atoms with Gasteiger partial charge in [0.1, 0.15) is 6.54 Å². The number of rotatable bonds is 4. The van der Waals surface area contributed by atoms with Gasteiger partial charge >= 0.3 is 6.18 Å². The van der Waals surface area contributed by atoms with Gasteiger partial charge in [0.2, 0.25) is 0 Å². The molecule has 0 aliphatic carbocycles. The molecule has 0 aromatic carbocycles. The molecule has 0 spiro atoms. The van der Waals surface area contributed by atoms with Gasteiger partial charge in [0.05, 0.1) is 6.54 Å². The number of hydrogen-bond donors (Lipinski definition) is 1. The van der Waals surface area contributed by atoms with Crippen LogP contribution < -0.4 is 5.32 Å². The average molecular weight is 223 g/mol. The van der Waals surface area contributed by atoms with Gasteiger partial charge in [0.15, 0.2) is 5.82 Å². The Hall–Kier alpha value is -1.18. The Bertz CT molecular complexity index is 306. The Morgan fingerprint density at radius 1 is 1.40 bits per heavy atom. The normalized spacial score (nSPS) is 12.4. The fourth-order valence-corrected chi connectivity index (χ4v) is 0.938. The van der Waals surface area contributed by atoms with Crippen molar-refractivity contribution in [2.45, 2.75) is 39.2 Å². The second-order valence-corrected chi connectivity index (χ2v) is 3.40. The van der Waals surface area contributed by atoms with E-state index in [1.165, 1.54) is 0 Å². The standard InChI is InChI=1S/C7H12F3N5/c1-5(2)11-3-6-12-13-14-15(6)4-7(8,9)10/h5,11H,3-4H2,1-2H3. The maximum atomic E-state index is 12.1. The largest absolute Gasteiger partial charge is 0.408 e. The van der Waals surface area contributed by atoms with Gasteiger partial charge in [-0.3, -0.25) is 0 Å². The molecule has 5 nitrogen and oxygen atoms in total. The summed E-state index contributed by atoms with van der Waals surface area (Å²) in [6.45, 7) is 2.84. The van der Waals surface area contributed by atoms with Gasteiger partial charge in [-0.1, -0.05) is 13.8 Å². The summed E-state index contributed by atoms with van der Waals surface area (Å²) < 4.78 is 36.9. The van der Waals surface area contributed by atoms with Crippen molar-refractivity contribution in [3.63, 3.8) is 0 Å². The van der Waals surface area contributed by atoms with Crippen molar-refractivity contribution in [3.05, 3.63) is 5.82 Å². The molecule has 1 aromatic heterocycles. The van der Waals surface area contributed by atoms with Crippen molar-refractivity contribution >= 4 is 0 Å². The quantitative estimate of drug-likeness (QED) is 0.817. The molecule has 1 rings (SSSR count). The molecular formula is C7H12F3N5. The van der Waals surface area contributed by atoms with Crippen LogP contribution in [0.3, 0.4) is 0 Å². The molecule has 0 saturated carbocycles. The predicted molar refractivity (Wildman–Crippen MR) is 45.8 cm³/mol. The molecule has 0 radical (unpaired) electrons. The van der Waals surface area contributed by atoms with Gasteiger partial charge in [-0.05, 0) is 10.4 Å². The Labute approximate surface area is 84.7 Å². The molecule has 0 saturated heterocycles. The lowest BCUT2D eigenvalue weighted by molar-refractivity contribution is -0.143. The Balaban J connectivity index is 2.61. The third-order valence-corrected chi connectivity index (χ3v) is 1.60. The predicted octanol–water partition coefficient (Wildman–Crippen LogP) is 0.733. The van der Waals surface area contributed by atoms with E-state index in [-0.39, 0.29) is 18.4 Å². The third-order valence-electron chi connectivity index (χ3n) is 1.60. The van der Waals surface area contributed by atoms with Gasteiger partial charge in [-0.15, -0.1) is 5.10 Å². The molecule has 0 fully saturated rings. The highest BCUT2D eigenvalue weighted by Gasteiger charge is 2.30. The highest BCUT2D eigenvalue weighted by atomic mass is 19.4. The van der Waals surface area contributed by atoms with E-state index in [0.717, 1.165) is 4.68 Å². The molecule has 0 amide bonds. The van der Waals surface area contributed by atoms with E-state index in [9.17, 15) is 13.2 Å². The van der Waals surface area contributed by atoms with Crippen LogP contribution in [0.5, 0.6) is 0 Å². The first kappa shape index (κ1) is 11.9. The summed E-state index contributed by atoms with van der Waals surface area (Å²) in [7, 11) is 0. The Morgan fingerprint density at radius 3 is 2.60 bits per heavy atom. The maximum absolute atomic E-state index is 12.1. The zero-order chi connectivity index (χ0) is 11.5. The second kappa shape index (κ2) is 4.56. The minimum Gasteiger partial charge on any atom is -0.308 e. The summed E-state index contributed by atoms with van der Waals surface area (Å²) in [5.74, 6) is 0.182. The van der Waals surface area contributed by atoms with E-state index in [4.69, 9.17) is 0 Å². The van der Waals surface area contributed by atoms with Gasteiger partial charge in [-0.2, -0.15) is 13.2 Å². The number of hydrogen-bond acceptors (Lipinski definition) is 4. The molecule has 0 unspecified atom stereocenters. The van der Waals surface area contributed by atoms with Crippen molar-refractivity contribution in [1.82, 2.24) is 25.5 Å². The van der Waals surface area contributed by atoms with Crippen molar-refractivity contribution < 1.29 is 13.2 Å². The first-order valence-electron chi connectivity index (χ1n) is 4.43. The lowest BCUT2D eigenvalue weighted by Gasteiger charge is -2.09. The summed E-state index contributed by atoms with van der Waals surface area (Å²) >= 11 is 0. The van der Waals surface area contributed by atoms with Crippen LogP contribution in [0, 0.1) is 0 Å². The zero-order valence-corrected chi connectivity index (χ0v) is 8.41. The van der Waals surface area contributed by atoms with Gasteiger partial charge in [-0.25, -0.2) is 4.68 Å². The molecular weight excluding hydrogens is 211 g/mol. The summed E-state index contributed by atoms with van der Waals surface area (Å²) in [5.41, 5.74) is 0. The lowest BCUT2D eigenvalue weighted by Crippen LogP contribution is -2.26. The first-order valence-corrected chi connectivity index (χ1v) is 4.43. The van der Waals surface area contributed by atoms with Gasteiger partial charge in [0, 0.05) is 6.04 Å². The highest BCUT2D eigenvalue weighted by Crippen LogP contribution is 2.17. The molecule has 8 heteroatoms. The van der Waals surface area contributed by atoms with Crippen molar-refractivity contribution in [3.8, 4) is 0 Å². The van der Waals surface area contributed by atoms with Gasteiger partial charge in [0.25, 0.3) is 0 Å². The van der Waals surface area contributed by atoms with Crippen LogP contribution in [0.1, 0.15) is 19.7 Å². The molecule has 0 aliphatic rings. The van der Waals surface area contributed by atoms with Crippen molar-refractivity contribution in [2.75, 3.05) is 0 Å². The van der Waals surface area contributed by atoms with E-state index in [0.29, 0.717) is 0 Å². The van der Waals surface area contributed by atoms with Crippen LogP contribution >= 0.6 is 0 Å². The van der Waals surface area contributed by atoms with Crippen LogP contribution in [0.2, 0.25) is 0 Å². The summed E-state index contributed by atoms with van der Waals surface area (Å²) in [6, 6.07) is 0.168. The minimum absolute atomic E-state index is 0.168. The van der Waals surface area contributed by atoms with Crippen LogP contribution in [0.25, 0.3) is 0 Å². The number of tetrazole rings is 1. The molecule has 1 heterocycles. The first-order chi connectivity index (χ1) is 6.88. The molecule has 15 heavy (non-hydrogen) atoms. The summed E-state index contributed by atoms with van der Waals surface area (Å²) in [5, 5.41) is 12.9. The fourth-order valence-electron chi connectivity index (χ4n) is 0.938. The summed E-state index contributed by atoms with van der Waals surface area (Å²) in [4.78, 5) is 0. The van der Waals surface area contributed by atoms with E-state index in [1.54, 1.807) is 0 Å². The number of nitrogens with zero attached hydrogens (tertiary/aromatic N) is 4. The number of alkyl halides is 3. The number of nitrogens with one attached hydrogen (secondary N) is 1. The van der Waals surface area contributed by atoms with E-state index < -0.39 is 12.7 Å². The second-order valence-electron chi connectivity index (χ2n) is 3.40. The SMILES string of the molecule is CC(C)NCc1nnnn1CC(F)(F)F. The number of aromatic nitrogens is 4. The van der Waals surface area contributed by atoms with Crippen LogP contribution in [-0.4, -0.2) is 32.4 Å². The smallest absolute Gasteiger partial charge is 0.308 e. The Kier molecular flexibility index (Phi) is 3.61. The maximum Gasteiger partial charge on any atom is 0.408 e. The third kappa shape index (κ3) is 4.24. The molecule has 0 aliphatic heterocycles. The number of halogens is 3. The van der Waals surface area contributed by atoms with Crippen LogP contribution in [-0.2, 0) is 13.1 Å². The van der Waals surface area contributed by atoms with Crippen molar-refractivity contribution in [1.29, 1.82) is 0 Å². The minimum atomic E-state index is -4.30. The van der Waals surface area contributed by atoms with E-state index >= 15 is 0 Å². The van der Waals surface area contributed by atoms with Gasteiger partial charge < -0.3 is 5.32 Å². The lowest BCUT2D eigenvalue weighted by atomic mass is 10.4. The molecule has 0 bridgehead atoms. The molecule has 86 valence electrons. The average Bonchev–Trinajstić information content (AvgIpc) is 2.45. The van der Waals surface area contributed by atoms with Crippen LogP contribution in [0.15, 0.2) is 0 Å². The highest BCUT2D eigenvalue weighted by molar-refractivity contribution is 4.81. The Morgan fingerprint density at radius 2 is 2.07 bits per heavy atom. The topological polar surface area (TPSA) is 55.6 Å². The van der Waals surface area contributed by atoms with E-state index in [2.05, 4.69) is 20.8 Å². The molecule has 1 N–H and O–H groups in total.